The summed E-state index contributed by atoms with van der Waals surface area (Å²) in [5, 5.41) is 8.60. The Morgan fingerprint density at radius 2 is 2.11 bits per heavy atom. The predicted molar refractivity (Wildman–Crippen MR) is 66.6 cm³/mol. The summed E-state index contributed by atoms with van der Waals surface area (Å²) >= 11 is 0. The van der Waals surface area contributed by atoms with E-state index in [0.717, 1.165) is 37.2 Å². The lowest BCUT2D eigenvalue weighted by atomic mass is 10.1. The van der Waals surface area contributed by atoms with Gasteiger partial charge in [0.15, 0.2) is 6.29 Å². The number of aryl methyl sites for hydroxylation is 1. The molecule has 1 N–H and O–H groups in total. The first kappa shape index (κ1) is 12.9. The van der Waals surface area contributed by atoms with Gasteiger partial charge in [-0.3, -0.25) is 4.79 Å². The van der Waals surface area contributed by atoms with Crippen molar-refractivity contribution in [1.29, 1.82) is 0 Å². The number of carboxylic acid groups (broad SMARTS) is 1. The molecule has 2 rings (SSSR count). The molecule has 1 atom stereocenters. The molecule has 18 heavy (non-hydrogen) atoms. The molecule has 0 radical (unpaired) electrons. The molecule has 1 saturated heterocycles. The monoisotopic (exact) mass is 250 g/mol. The quantitative estimate of drug-likeness (QED) is 0.872. The van der Waals surface area contributed by atoms with Crippen molar-refractivity contribution in [2.24, 2.45) is 0 Å². The molecule has 4 heteroatoms. The van der Waals surface area contributed by atoms with Crippen LogP contribution in [0, 0.1) is 0 Å². The highest BCUT2D eigenvalue weighted by Crippen LogP contribution is 2.19. The van der Waals surface area contributed by atoms with Gasteiger partial charge in [0.25, 0.3) is 0 Å². The predicted octanol–water partition coefficient (Wildman–Crippen LogP) is 2.61. The summed E-state index contributed by atoms with van der Waals surface area (Å²) in [6.07, 6.45) is 3.75. The van der Waals surface area contributed by atoms with E-state index in [9.17, 15) is 4.79 Å². The SMILES string of the molecule is O=C(O)CCc1ccc(OC2CCCCO2)cc1. The maximum Gasteiger partial charge on any atom is 0.303 e. The van der Waals surface area contributed by atoms with Crippen molar-refractivity contribution in [3.63, 3.8) is 0 Å². The van der Waals surface area contributed by atoms with Crippen molar-refractivity contribution >= 4 is 5.97 Å². The van der Waals surface area contributed by atoms with Crippen molar-refractivity contribution in [2.75, 3.05) is 6.61 Å². The van der Waals surface area contributed by atoms with Gasteiger partial charge in [-0.05, 0) is 37.0 Å². The summed E-state index contributed by atoms with van der Waals surface area (Å²) in [7, 11) is 0. The van der Waals surface area contributed by atoms with E-state index in [1.54, 1.807) is 0 Å². The van der Waals surface area contributed by atoms with Crippen LogP contribution in [0.25, 0.3) is 0 Å². The van der Waals surface area contributed by atoms with E-state index in [2.05, 4.69) is 0 Å². The van der Waals surface area contributed by atoms with Gasteiger partial charge in [-0.2, -0.15) is 0 Å². The van der Waals surface area contributed by atoms with Crippen LogP contribution in [0.15, 0.2) is 24.3 Å². The zero-order chi connectivity index (χ0) is 12.8. The Bertz CT molecular complexity index is 379. The van der Waals surface area contributed by atoms with Crippen molar-refractivity contribution in [3.05, 3.63) is 29.8 Å². The highest BCUT2D eigenvalue weighted by atomic mass is 16.7. The summed E-state index contributed by atoms with van der Waals surface area (Å²) in [6, 6.07) is 7.55. The van der Waals surface area contributed by atoms with Gasteiger partial charge in [-0.15, -0.1) is 0 Å². The number of carbonyl (C=O) groups is 1. The number of rotatable bonds is 5. The summed E-state index contributed by atoms with van der Waals surface area (Å²) in [4.78, 5) is 10.5. The van der Waals surface area contributed by atoms with Gasteiger partial charge in [0.2, 0.25) is 0 Å². The van der Waals surface area contributed by atoms with E-state index in [4.69, 9.17) is 14.6 Å². The smallest absolute Gasteiger partial charge is 0.303 e. The van der Waals surface area contributed by atoms with Crippen LogP contribution < -0.4 is 4.74 Å². The van der Waals surface area contributed by atoms with Crippen LogP contribution in [0.5, 0.6) is 5.75 Å². The maximum absolute atomic E-state index is 10.5. The fourth-order valence-corrected chi connectivity index (χ4v) is 1.94. The third-order valence-corrected chi connectivity index (χ3v) is 2.96. The van der Waals surface area contributed by atoms with Gasteiger partial charge in [0.05, 0.1) is 6.61 Å². The standard InChI is InChI=1S/C14H18O4/c15-13(16)9-6-11-4-7-12(8-5-11)18-14-3-1-2-10-17-14/h4-5,7-8,14H,1-3,6,9-10H2,(H,15,16). The minimum Gasteiger partial charge on any atom is -0.481 e. The van der Waals surface area contributed by atoms with Crippen molar-refractivity contribution < 1.29 is 19.4 Å². The molecule has 0 spiro atoms. The molecule has 0 saturated carbocycles. The Morgan fingerprint density at radius 3 is 2.72 bits per heavy atom. The van der Waals surface area contributed by atoms with E-state index >= 15 is 0 Å². The van der Waals surface area contributed by atoms with Gasteiger partial charge in [-0.25, -0.2) is 0 Å². The third kappa shape index (κ3) is 4.04. The molecule has 0 aliphatic carbocycles. The average molecular weight is 250 g/mol. The fraction of sp³-hybridized carbons (Fsp3) is 0.500. The molecule has 0 bridgehead atoms. The molecule has 1 heterocycles. The molecule has 1 unspecified atom stereocenters. The second-order valence-corrected chi connectivity index (χ2v) is 4.45. The molecule has 1 aliphatic rings. The average Bonchev–Trinajstić information content (AvgIpc) is 2.39. The zero-order valence-corrected chi connectivity index (χ0v) is 10.3. The maximum atomic E-state index is 10.5. The first-order valence-electron chi connectivity index (χ1n) is 6.33. The Hall–Kier alpha value is -1.55. The second-order valence-electron chi connectivity index (χ2n) is 4.45. The van der Waals surface area contributed by atoms with Gasteiger partial charge < -0.3 is 14.6 Å². The summed E-state index contributed by atoms with van der Waals surface area (Å²) in [5.41, 5.74) is 1.01. The third-order valence-electron chi connectivity index (χ3n) is 2.96. The van der Waals surface area contributed by atoms with Crippen LogP contribution in [0.4, 0.5) is 0 Å². The Balaban J connectivity index is 1.84. The Kier molecular flexibility index (Phi) is 4.59. The normalized spacial score (nSPS) is 19.4. The number of benzene rings is 1. The lowest BCUT2D eigenvalue weighted by molar-refractivity contribution is -0.136. The molecule has 4 nitrogen and oxygen atoms in total. The van der Waals surface area contributed by atoms with Crippen LogP contribution in [-0.2, 0) is 16.0 Å². The minimum absolute atomic E-state index is 0.136. The van der Waals surface area contributed by atoms with E-state index in [1.807, 2.05) is 24.3 Å². The zero-order valence-electron chi connectivity index (χ0n) is 10.3. The summed E-state index contributed by atoms with van der Waals surface area (Å²) < 4.78 is 11.2. The number of hydrogen-bond acceptors (Lipinski definition) is 3. The van der Waals surface area contributed by atoms with Crippen LogP contribution in [-0.4, -0.2) is 24.0 Å². The van der Waals surface area contributed by atoms with Gasteiger partial charge >= 0.3 is 5.97 Å². The molecule has 1 aliphatic heterocycles. The molecule has 1 aromatic carbocycles. The van der Waals surface area contributed by atoms with Crippen molar-refractivity contribution in [3.8, 4) is 5.75 Å². The van der Waals surface area contributed by atoms with Crippen molar-refractivity contribution in [2.45, 2.75) is 38.4 Å². The first-order valence-corrected chi connectivity index (χ1v) is 6.33. The number of hydrogen-bond donors (Lipinski definition) is 1. The van der Waals surface area contributed by atoms with Crippen LogP contribution in [0.3, 0.4) is 0 Å². The Morgan fingerprint density at radius 1 is 1.33 bits per heavy atom. The lowest BCUT2D eigenvalue weighted by Gasteiger charge is -2.23. The number of aliphatic carboxylic acids is 1. The number of ether oxygens (including phenoxy) is 2. The van der Waals surface area contributed by atoms with E-state index in [-0.39, 0.29) is 12.7 Å². The van der Waals surface area contributed by atoms with E-state index < -0.39 is 5.97 Å². The molecule has 98 valence electrons. The summed E-state index contributed by atoms with van der Waals surface area (Å²) in [6.45, 7) is 0.765. The molecule has 0 amide bonds. The van der Waals surface area contributed by atoms with E-state index in [0.29, 0.717) is 6.42 Å². The van der Waals surface area contributed by atoms with Crippen LogP contribution >= 0.6 is 0 Å². The number of carboxylic acids is 1. The fourth-order valence-electron chi connectivity index (χ4n) is 1.94. The lowest BCUT2D eigenvalue weighted by Crippen LogP contribution is -2.24. The Labute approximate surface area is 107 Å². The molecule has 1 fully saturated rings. The van der Waals surface area contributed by atoms with Crippen LogP contribution in [0.2, 0.25) is 0 Å². The summed E-state index contributed by atoms with van der Waals surface area (Å²) in [5.74, 6) is 0.00640. The first-order chi connectivity index (χ1) is 8.74. The molecular weight excluding hydrogens is 232 g/mol. The largest absolute Gasteiger partial charge is 0.481 e. The highest BCUT2D eigenvalue weighted by molar-refractivity contribution is 5.67. The van der Waals surface area contributed by atoms with Gasteiger partial charge in [-0.1, -0.05) is 12.1 Å². The van der Waals surface area contributed by atoms with Gasteiger partial charge in [0, 0.05) is 12.8 Å². The minimum atomic E-state index is -0.772. The van der Waals surface area contributed by atoms with E-state index in [1.165, 1.54) is 0 Å². The topological polar surface area (TPSA) is 55.8 Å². The van der Waals surface area contributed by atoms with Crippen molar-refractivity contribution in [1.82, 2.24) is 0 Å². The molecule has 1 aromatic rings. The molecular formula is C14H18O4. The van der Waals surface area contributed by atoms with Gasteiger partial charge in [0.1, 0.15) is 5.75 Å². The molecule has 0 aromatic heterocycles. The highest BCUT2D eigenvalue weighted by Gasteiger charge is 2.14. The second kappa shape index (κ2) is 6.40. The van der Waals surface area contributed by atoms with Crippen LogP contribution in [0.1, 0.15) is 31.2 Å².